The van der Waals surface area contributed by atoms with Gasteiger partial charge in [0.25, 0.3) is 0 Å². The predicted molar refractivity (Wildman–Crippen MR) is 46.4 cm³/mol. The second-order valence-corrected chi connectivity index (χ2v) is 3.00. The molecule has 62 valence electrons. The molecule has 0 aliphatic heterocycles. The Bertz CT molecular complexity index is 590. The monoisotopic (exact) mass is 172 g/mol. The van der Waals surface area contributed by atoms with Gasteiger partial charge in [-0.05, 0) is 29.0 Å². The van der Waals surface area contributed by atoms with E-state index >= 15 is 0 Å². The van der Waals surface area contributed by atoms with E-state index in [2.05, 4.69) is 10.2 Å². The van der Waals surface area contributed by atoms with Gasteiger partial charge in [0.2, 0.25) is 0 Å². The van der Waals surface area contributed by atoms with E-state index in [0.29, 0.717) is 10.9 Å². The van der Waals surface area contributed by atoms with Crippen LogP contribution < -0.4 is 0 Å². The Hall–Kier alpha value is -1.97. The highest BCUT2D eigenvalue weighted by molar-refractivity contribution is 6.11. The van der Waals surface area contributed by atoms with Crippen LogP contribution >= 0.6 is 0 Å². The van der Waals surface area contributed by atoms with Gasteiger partial charge in [0.1, 0.15) is 0 Å². The van der Waals surface area contributed by atoms with Crippen LogP contribution in [-0.2, 0) is 0 Å². The number of carboxylic acid groups (broad SMARTS) is 1. The van der Waals surface area contributed by atoms with E-state index in [9.17, 15) is 4.79 Å². The molecule has 0 fully saturated rings. The fourth-order valence-corrected chi connectivity index (χ4v) is 1.42. The largest absolute Gasteiger partial charge is 0.476 e. The SMILES string of the molecule is O=C(O)c1nnc2cc3cc3cc12. The number of rotatable bonds is 1. The second kappa shape index (κ2) is 1.85. The Labute approximate surface area is 72.5 Å². The van der Waals surface area contributed by atoms with Crippen molar-refractivity contribution in [1.82, 2.24) is 10.2 Å². The van der Waals surface area contributed by atoms with Gasteiger partial charge in [-0.15, -0.1) is 10.2 Å². The van der Waals surface area contributed by atoms with Crippen molar-refractivity contribution >= 4 is 27.6 Å². The Morgan fingerprint density at radius 1 is 1.15 bits per heavy atom. The molecule has 0 radical (unpaired) electrons. The molecule has 4 heteroatoms. The van der Waals surface area contributed by atoms with Gasteiger partial charge in [-0.2, -0.15) is 0 Å². The first-order chi connectivity index (χ1) is 6.25. The van der Waals surface area contributed by atoms with Crippen LogP contribution in [0.5, 0.6) is 0 Å². The minimum atomic E-state index is -1.02. The van der Waals surface area contributed by atoms with Crippen molar-refractivity contribution in [2.45, 2.75) is 0 Å². The zero-order chi connectivity index (χ0) is 9.00. The van der Waals surface area contributed by atoms with E-state index in [1.54, 1.807) is 0 Å². The highest BCUT2D eigenvalue weighted by atomic mass is 16.4. The summed E-state index contributed by atoms with van der Waals surface area (Å²) in [6.45, 7) is 0. The van der Waals surface area contributed by atoms with Crippen molar-refractivity contribution in [1.29, 1.82) is 0 Å². The molecular formula is C9H4N2O2. The first kappa shape index (κ1) is 6.54. The van der Waals surface area contributed by atoms with E-state index in [-0.39, 0.29) is 5.69 Å². The first-order valence-corrected chi connectivity index (χ1v) is 3.81. The fourth-order valence-electron chi connectivity index (χ4n) is 1.42. The zero-order valence-electron chi connectivity index (χ0n) is 6.48. The lowest BCUT2D eigenvalue weighted by Gasteiger charge is -1.85. The number of nitrogens with zero attached hydrogens (tertiary/aromatic N) is 2. The van der Waals surface area contributed by atoms with E-state index in [1.807, 2.05) is 18.2 Å². The lowest BCUT2D eigenvalue weighted by molar-refractivity contribution is 0.0692. The molecule has 0 bridgehead atoms. The van der Waals surface area contributed by atoms with Gasteiger partial charge >= 0.3 is 5.97 Å². The van der Waals surface area contributed by atoms with E-state index in [0.717, 1.165) is 10.8 Å². The highest BCUT2D eigenvalue weighted by Crippen LogP contribution is 2.29. The Balaban J connectivity index is 2.44. The number of carboxylic acids is 1. The molecule has 0 unspecified atom stereocenters. The van der Waals surface area contributed by atoms with Crippen molar-refractivity contribution in [2.24, 2.45) is 0 Å². The number of benzene rings is 1. The minimum Gasteiger partial charge on any atom is -0.476 e. The molecule has 1 heterocycles. The maximum atomic E-state index is 10.7. The van der Waals surface area contributed by atoms with Gasteiger partial charge in [-0.25, -0.2) is 4.79 Å². The van der Waals surface area contributed by atoms with Gasteiger partial charge in [0.15, 0.2) is 5.69 Å². The molecule has 4 nitrogen and oxygen atoms in total. The molecule has 0 aliphatic carbocycles. The zero-order valence-corrected chi connectivity index (χ0v) is 6.48. The lowest BCUT2D eigenvalue weighted by atomic mass is 10.2. The van der Waals surface area contributed by atoms with Crippen LogP contribution in [-0.4, -0.2) is 21.3 Å². The molecule has 3 rings (SSSR count). The van der Waals surface area contributed by atoms with E-state index in [4.69, 9.17) is 5.11 Å². The molecule has 3 aromatic rings. The van der Waals surface area contributed by atoms with Crippen LogP contribution in [0, 0.1) is 0 Å². The molecule has 0 atom stereocenters. The molecule has 1 N–H and O–H groups in total. The number of fused-ring (bicyclic) bond motifs is 2. The molecule has 1 aromatic heterocycles. The van der Waals surface area contributed by atoms with Gasteiger partial charge < -0.3 is 5.11 Å². The van der Waals surface area contributed by atoms with E-state index < -0.39 is 5.97 Å². The molecule has 0 aliphatic rings. The fraction of sp³-hybridized carbons (Fsp3) is 0. The molecule has 0 saturated carbocycles. The third-order valence-corrected chi connectivity index (χ3v) is 2.14. The van der Waals surface area contributed by atoms with Gasteiger partial charge in [0.05, 0.1) is 5.52 Å². The number of carbonyl (C=O) groups is 1. The summed E-state index contributed by atoms with van der Waals surface area (Å²) in [5, 5.41) is 19.0. The summed E-state index contributed by atoms with van der Waals surface area (Å²) in [5.74, 6) is -1.02. The molecule has 0 amide bonds. The smallest absolute Gasteiger partial charge is 0.357 e. The number of aromatic nitrogens is 2. The third kappa shape index (κ3) is 0.767. The van der Waals surface area contributed by atoms with Gasteiger partial charge in [-0.3, -0.25) is 0 Å². The van der Waals surface area contributed by atoms with Crippen molar-refractivity contribution < 1.29 is 9.90 Å². The van der Waals surface area contributed by atoms with Crippen LogP contribution in [0.15, 0.2) is 18.2 Å². The van der Waals surface area contributed by atoms with Crippen molar-refractivity contribution in [2.75, 3.05) is 0 Å². The van der Waals surface area contributed by atoms with Crippen LogP contribution in [0.2, 0.25) is 0 Å². The van der Waals surface area contributed by atoms with Crippen molar-refractivity contribution in [3.05, 3.63) is 23.9 Å². The minimum absolute atomic E-state index is 0.0399. The Morgan fingerprint density at radius 3 is 2.69 bits per heavy atom. The summed E-state index contributed by atoms with van der Waals surface area (Å²) >= 11 is 0. The van der Waals surface area contributed by atoms with Gasteiger partial charge in [0, 0.05) is 5.39 Å². The van der Waals surface area contributed by atoms with Crippen LogP contribution in [0.4, 0.5) is 0 Å². The Kier molecular flexibility index (Phi) is 0.930. The molecule has 13 heavy (non-hydrogen) atoms. The molecular weight excluding hydrogens is 168 g/mol. The average Bonchev–Trinajstić information content (AvgIpc) is 2.70. The van der Waals surface area contributed by atoms with Crippen molar-refractivity contribution in [3.8, 4) is 0 Å². The topological polar surface area (TPSA) is 63.1 Å². The average molecular weight is 172 g/mol. The van der Waals surface area contributed by atoms with Crippen LogP contribution in [0.25, 0.3) is 21.7 Å². The summed E-state index contributed by atoms with van der Waals surface area (Å²) in [7, 11) is 0. The molecule has 0 spiro atoms. The maximum Gasteiger partial charge on any atom is 0.357 e. The summed E-state index contributed by atoms with van der Waals surface area (Å²) in [6.07, 6.45) is 0. The Morgan fingerprint density at radius 2 is 1.92 bits per heavy atom. The van der Waals surface area contributed by atoms with Crippen LogP contribution in [0.1, 0.15) is 10.5 Å². The summed E-state index contributed by atoms with van der Waals surface area (Å²) < 4.78 is 0. The van der Waals surface area contributed by atoms with Crippen LogP contribution in [0.3, 0.4) is 0 Å². The number of hydrogen-bond donors (Lipinski definition) is 1. The quantitative estimate of drug-likeness (QED) is 0.601. The summed E-state index contributed by atoms with van der Waals surface area (Å²) in [6, 6.07) is 5.64. The van der Waals surface area contributed by atoms with Crippen molar-refractivity contribution in [3.63, 3.8) is 0 Å². The number of aromatic carboxylic acids is 1. The predicted octanol–water partition coefficient (Wildman–Crippen LogP) is 1.36. The number of hydrogen-bond acceptors (Lipinski definition) is 3. The normalized spacial score (nSPS) is 11.7. The third-order valence-electron chi connectivity index (χ3n) is 2.14. The molecule has 2 aromatic carbocycles. The second-order valence-electron chi connectivity index (χ2n) is 3.00. The highest BCUT2D eigenvalue weighted by Gasteiger charge is 2.15. The standard InChI is InChI=1S/C9H4N2O2/c12-9(13)8-6-2-4-1-5(4)3-7(6)10-11-8/h1-3H,(H,12,13). The maximum absolute atomic E-state index is 10.7. The summed E-state index contributed by atoms with van der Waals surface area (Å²) in [5.41, 5.74) is 0.697. The van der Waals surface area contributed by atoms with Gasteiger partial charge in [-0.1, -0.05) is 0 Å². The molecule has 0 saturated heterocycles. The first-order valence-electron chi connectivity index (χ1n) is 3.81. The lowest BCUT2D eigenvalue weighted by Crippen LogP contribution is -1.96. The summed E-state index contributed by atoms with van der Waals surface area (Å²) in [4.78, 5) is 10.7. The van der Waals surface area contributed by atoms with E-state index in [1.165, 1.54) is 0 Å².